The minimum absolute atomic E-state index is 0. The third-order valence-corrected chi connectivity index (χ3v) is 5.19. The molecule has 1 aromatic carbocycles. The van der Waals surface area contributed by atoms with Gasteiger partial charge in [-0.3, -0.25) is 4.90 Å². The molecule has 0 saturated carbocycles. The average molecular weight is 356 g/mol. The van der Waals surface area contributed by atoms with Crippen LogP contribution in [0.25, 0.3) is 0 Å². The predicted molar refractivity (Wildman–Crippen MR) is 95.0 cm³/mol. The molecule has 22 heavy (non-hydrogen) atoms. The fourth-order valence-corrected chi connectivity index (χ4v) is 3.90. The van der Waals surface area contributed by atoms with Crippen molar-refractivity contribution in [1.29, 1.82) is 0 Å². The molecule has 1 atom stereocenters. The summed E-state index contributed by atoms with van der Waals surface area (Å²) in [5, 5.41) is 2.71. The van der Waals surface area contributed by atoms with Gasteiger partial charge in [0.2, 0.25) is 0 Å². The molecule has 0 spiro atoms. The van der Waals surface area contributed by atoms with Crippen molar-refractivity contribution in [3.05, 3.63) is 56.7 Å². The molecule has 0 unspecified atom stereocenters. The Bertz CT molecular complexity index is 659. The van der Waals surface area contributed by atoms with Crippen molar-refractivity contribution in [2.45, 2.75) is 19.0 Å². The molecule has 1 aliphatic heterocycles. The molecular formula is C16H18ClNO2S2. The molecule has 6 heteroatoms. The van der Waals surface area contributed by atoms with Crippen molar-refractivity contribution < 1.29 is 9.53 Å². The third kappa shape index (κ3) is 3.33. The molecule has 3 rings (SSSR count). The van der Waals surface area contributed by atoms with E-state index >= 15 is 0 Å². The maximum Gasteiger partial charge on any atom is 0.327 e. The highest BCUT2D eigenvalue weighted by Gasteiger charge is 2.32. The second-order valence-corrected chi connectivity index (χ2v) is 6.44. The van der Waals surface area contributed by atoms with Crippen LogP contribution < -0.4 is 0 Å². The van der Waals surface area contributed by atoms with Crippen LogP contribution in [0.3, 0.4) is 0 Å². The van der Waals surface area contributed by atoms with Crippen LogP contribution in [0.1, 0.15) is 22.0 Å². The van der Waals surface area contributed by atoms with Gasteiger partial charge in [0, 0.05) is 23.0 Å². The van der Waals surface area contributed by atoms with Crippen molar-refractivity contribution in [2.24, 2.45) is 0 Å². The third-order valence-electron chi connectivity index (χ3n) is 3.83. The van der Waals surface area contributed by atoms with E-state index < -0.39 is 6.04 Å². The number of esters is 1. The van der Waals surface area contributed by atoms with Crippen LogP contribution in [-0.4, -0.2) is 24.5 Å². The van der Waals surface area contributed by atoms with Gasteiger partial charge in [-0.1, -0.05) is 29.8 Å². The van der Waals surface area contributed by atoms with E-state index in [2.05, 4.69) is 16.3 Å². The number of carbonyl (C=O) groups is 1. The maximum absolute atomic E-state index is 12.3. The van der Waals surface area contributed by atoms with Crippen LogP contribution in [0, 0.1) is 0 Å². The van der Waals surface area contributed by atoms with Crippen LogP contribution in [0.15, 0.2) is 35.7 Å². The fraction of sp³-hybridized carbons (Fsp3) is 0.312. The van der Waals surface area contributed by atoms with E-state index in [4.69, 9.17) is 16.3 Å². The summed E-state index contributed by atoms with van der Waals surface area (Å²) in [6, 6.07) is 9.16. The molecule has 2 aromatic rings. The first-order valence-corrected chi connectivity index (χ1v) is 8.08. The van der Waals surface area contributed by atoms with Gasteiger partial charge in [-0.15, -0.1) is 11.3 Å². The lowest BCUT2D eigenvalue weighted by Gasteiger charge is -2.33. The van der Waals surface area contributed by atoms with Gasteiger partial charge in [0.25, 0.3) is 0 Å². The van der Waals surface area contributed by atoms with Crippen molar-refractivity contribution >= 4 is 42.4 Å². The molecule has 0 saturated heterocycles. The molecule has 0 fully saturated rings. The van der Waals surface area contributed by atoms with Gasteiger partial charge in [-0.25, -0.2) is 4.79 Å². The minimum Gasteiger partial charge on any atom is -0.468 e. The van der Waals surface area contributed by atoms with E-state index in [1.54, 1.807) is 11.3 Å². The summed E-state index contributed by atoms with van der Waals surface area (Å²) in [4.78, 5) is 15.8. The van der Waals surface area contributed by atoms with E-state index in [1.165, 1.54) is 17.6 Å². The van der Waals surface area contributed by atoms with Crippen molar-refractivity contribution in [1.82, 2.24) is 4.90 Å². The lowest BCUT2D eigenvalue weighted by atomic mass is 10.0. The summed E-state index contributed by atoms with van der Waals surface area (Å²) in [5.74, 6) is -0.262. The molecule has 118 valence electrons. The Morgan fingerprint density at radius 2 is 2.14 bits per heavy atom. The quantitative estimate of drug-likeness (QED) is 0.784. The Labute approximate surface area is 146 Å². The number of ether oxygens (including phenoxy) is 1. The maximum atomic E-state index is 12.3. The number of rotatable bonds is 3. The van der Waals surface area contributed by atoms with Gasteiger partial charge in [0.1, 0.15) is 6.04 Å². The lowest BCUT2D eigenvalue weighted by molar-refractivity contribution is -0.147. The van der Waals surface area contributed by atoms with Crippen molar-refractivity contribution in [3.8, 4) is 0 Å². The van der Waals surface area contributed by atoms with Crippen LogP contribution in [0.2, 0.25) is 5.02 Å². The lowest BCUT2D eigenvalue weighted by Crippen LogP contribution is -2.38. The molecule has 0 radical (unpaired) electrons. The van der Waals surface area contributed by atoms with E-state index in [9.17, 15) is 4.79 Å². The summed E-state index contributed by atoms with van der Waals surface area (Å²) in [6.45, 7) is 1.59. The van der Waals surface area contributed by atoms with Crippen molar-refractivity contribution in [3.63, 3.8) is 0 Å². The summed E-state index contributed by atoms with van der Waals surface area (Å²) in [6.07, 6.45) is 0.963. The van der Waals surface area contributed by atoms with E-state index in [-0.39, 0.29) is 19.5 Å². The second-order valence-electron chi connectivity index (χ2n) is 5.04. The van der Waals surface area contributed by atoms with Crippen LogP contribution in [0.4, 0.5) is 0 Å². The molecule has 0 bridgehead atoms. The van der Waals surface area contributed by atoms with Gasteiger partial charge in [0.15, 0.2) is 0 Å². The molecule has 0 aliphatic carbocycles. The van der Waals surface area contributed by atoms with E-state index in [1.807, 2.05) is 24.3 Å². The van der Waals surface area contributed by atoms with Gasteiger partial charge < -0.3 is 4.74 Å². The number of benzene rings is 1. The average Bonchev–Trinajstić information content (AvgIpc) is 2.97. The second kappa shape index (κ2) is 7.51. The molecule has 0 amide bonds. The SMILES string of the molecule is COC(=O)[C@H](c1ccccc1Cl)N1CCc2sccc2C1.S. The Morgan fingerprint density at radius 3 is 2.86 bits per heavy atom. The first kappa shape index (κ1) is 17.3. The highest BCUT2D eigenvalue weighted by atomic mass is 35.5. The Balaban J connectivity index is 0.00000176. The van der Waals surface area contributed by atoms with E-state index in [0.717, 1.165) is 25.1 Å². The number of fused-ring (bicyclic) bond motifs is 1. The summed E-state index contributed by atoms with van der Waals surface area (Å²) in [7, 11) is 1.42. The van der Waals surface area contributed by atoms with Gasteiger partial charge in [-0.05, 0) is 35.1 Å². The van der Waals surface area contributed by atoms with Crippen LogP contribution in [-0.2, 0) is 22.5 Å². The zero-order chi connectivity index (χ0) is 14.8. The van der Waals surface area contributed by atoms with Gasteiger partial charge in [-0.2, -0.15) is 13.5 Å². The predicted octanol–water partition coefficient (Wildman–Crippen LogP) is 3.79. The molecule has 0 N–H and O–H groups in total. The molecule has 3 nitrogen and oxygen atoms in total. The number of hydrogen-bond acceptors (Lipinski definition) is 4. The van der Waals surface area contributed by atoms with Crippen LogP contribution >= 0.6 is 36.4 Å². The minimum atomic E-state index is -0.447. The van der Waals surface area contributed by atoms with Gasteiger partial charge in [0.05, 0.1) is 7.11 Å². The number of hydrogen-bond donors (Lipinski definition) is 0. The topological polar surface area (TPSA) is 29.5 Å². The number of methoxy groups -OCH3 is 1. The van der Waals surface area contributed by atoms with Crippen molar-refractivity contribution in [2.75, 3.05) is 13.7 Å². The highest BCUT2D eigenvalue weighted by Crippen LogP contribution is 2.33. The smallest absolute Gasteiger partial charge is 0.327 e. The molecule has 2 heterocycles. The Morgan fingerprint density at radius 1 is 1.36 bits per heavy atom. The Hall–Kier alpha value is -1.01. The molecular weight excluding hydrogens is 338 g/mol. The van der Waals surface area contributed by atoms with Gasteiger partial charge >= 0.3 is 5.97 Å². The highest BCUT2D eigenvalue weighted by molar-refractivity contribution is 7.59. The number of carbonyl (C=O) groups excluding carboxylic acids is 1. The summed E-state index contributed by atoms with van der Waals surface area (Å²) < 4.78 is 5.01. The largest absolute Gasteiger partial charge is 0.468 e. The number of thiophene rings is 1. The first-order valence-electron chi connectivity index (χ1n) is 6.82. The summed E-state index contributed by atoms with van der Waals surface area (Å²) in [5.41, 5.74) is 2.11. The molecule has 1 aromatic heterocycles. The molecule has 1 aliphatic rings. The zero-order valence-corrected chi connectivity index (χ0v) is 14.8. The monoisotopic (exact) mass is 355 g/mol. The number of nitrogens with zero attached hydrogens (tertiary/aromatic N) is 1. The standard InChI is InChI=1S/C16H16ClNO2S.H2S/c1-20-16(19)15(12-4-2-3-5-13(12)17)18-8-6-14-11(10-18)7-9-21-14;/h2-5,7,9,15H,6,8,10H2,1H3;1H2/t15-;/m0./s1. The number of halogens is 1. The fourth-order valence-electron chi connectivity index (χ4n) is 2.77. The summed E-state index contributed by atoms with van der Waals surface area (Å²) >= 11 is 8.07. The Kier molecular flexibility index (Phi) is 5.92. The zero-order valence-electron chi connectivity index (χ0n) is 12.2. The van der Waals surface area contributed by atoms with Crippen LogP contribution in [0.5, 0.6) is 0 Å². The normalized spacial score (nSPS) is 15.5. The first-order chi connectivity index (χ1) is 10.2. The van der Waals surface area contributed by atoms with E-state index in [0.29, 0.717) is 5.02 Å².